The van der Waals surface area contributed by atoms with Crippen LogP contribution < -0.4 is 4.90 Å². The van der Waals surface area contributed by atoms with Gasteiger partial charge in [-0.25, -0.2) is 14.2 Å². The average Bonchev–Trinajstić information content (AvgIpc) is 3.44. The number of carbonyl (C=O) groups excluding carboxylic acids is 1. The molecule has 6 heteroatoms. The minimum Gasteiger partial charge on any atom is -0.477 e. The zero-order valence-electron chi connectivity index (χ0n) is 15.4. The molecule has 2 atom stereocenters. The van der Waals surface area contributed by atoms with Crippen LogP contribution in [-0.2, 0) is 16.8 Å². The summed E-state index contributed by atoms with van der Waals surface area (Å²) in [6, 6.07) is 18.8. The van der Waals surface area contributed by atoms with Gasteiger partial charge in [0.05, 0.1) is 17.7 Å². The second-order valence-corrected chi connectivity index (χ2v) is 7.51. The first-order chi connectivity index (χ1) is 14.0. The van der Waals surface area contributed by atoms with E-state index in [0.717, 1.165) is 16.8 Å². The monoisotopic (exact) mass is 388 g/mol. The van der Waals surface area contributed by atoms with Crippen molar-refractivity contribution in [3.05, 3.63) is 95.1 Å². The molecule has 1 spiro atoms. The number of fused-ring (bicyclic) bond motifs is 2. The van der Waals surface area contributed by atoms with Crippen LogP contribution in [0, 0.1) is 5.82 Å². The number of hydrogen-bond acceptors (Lipinski definition) is 3. The van der Waals surface area contributed by atoms with E-state index in [1.54, 1.807) is 29.2 Å². The lowest BCUT2D eigenvalue weighted by molar-refractivity contribution is -0.120. The molecule has 2 unspecified atom stereocenters. The fourth-order valence-electron chi connectivity index (χ4n) is 4.45. The molecule has 3 aromatic rings. The highest BCUT2D eigenvalue weighted by Gasteiger charge is 2.67. The molecule has 1 fully saturated rings. The second-order valence-electron chi connectivity index (χ2n) is 7.51. The van der Waals surface area contributed by atoms with E-state index in [4.69, 9.17) is 0 Å². The number of halogens is 1. The topological polar surface area (TPSA) is 70.5 Å². The lowest BCUT2D eigenvalue weighted by atomic mass is 9.92. The Bertz CT molecular complexity index is 1140. The molecule has 2 aliphatic rings. The SMILES string of the molecule is O=C(O)c1cccc(CN2C(=O)C3(CC3c3ccc(F)cc3)c3ccccc32)n1. The van der Waals surface area contributed by atoms with Crippen molar-refractivity contribution >= 4 is 17.6 Å². The number of aromatic nitrogens is 1. The highest BCUT2D eigenvalue weighted by Crippen LogP contribution is 2.66. The third kappa shape index (κ3) is 2.63. The number of para-hydroxylation sites is 1. The van der Waals surface area contributed by atoms with Crippen molar-refractivity contribution in [1.29, 1.82) is 0 Å². The van der Waals surface area contributed by atoms with Crippen molar-refractivity contribution in [1.82, 2.24) is 4.98 Å². The number of rotatable bonds is 4. The molecule has 1 aromatic heterocycles. The van der Waals surface area contributed by atoms with Crippen molar-refractivity contribution in [2.45, 2.75) is 24.3 Å². The highest BCUT2D eigenvalue weighted by molar-refractivity contribution is 6.11. The van der Waals surface area contributed by atoms with Crippen LogP contribution >= 0.6 is 0 Å². The van der Waals surface area contributed by atoms with Gasteiger partial charge in [0.25, 0.3) is 0 Å². The first-order valence-electron chi connectivity index (χ1n) is 9.37. The van der Waals surface area contributed by atoms with Crippen molar-refractivity contribution in [3.63, 3.8) is 0 Å². The Morgan fingerprint density at radius 3 is 2.62 bits per heavy atom. The van der Waals surface area contributed by atoms with Gasteiger partial charge in [0, 0.05) is 11.6 Å². The minimum atomic E-state index is -1.10. The number of carbonyl (C=O) groups is 2. The number of amides is 1. The van der Waals surface area contributed by atoms with E-state index in [9.17, 15) is 19.1 Å². The Kier molecular flexibility index (Phi) is 3.77. The van der Waals surface area contributed by atoms with Crippen LogP contribution in [0.2, 0.25) is 0 Å². The number of anilines is 1. The average molecular weight is 388 g/mol. The zero-order chi connectivity index (χ0) is 20.2. The normalized spacial score (nSPS) is 22.0. The summed E-state index contributed by atoms with van der Waals surface area (Å²) in [5.41, 5.74) is 2.57. The molecule has 0 saturated heterocycles. The fourth-order valence-corrected chi connectivity index (χ4v) is 4.45. The summed E-state index contributed by atoms with van der Waals surface area (Å²) in [6.45, 7) is 0.203. The van der Waals surface area contributed by atoms with Crippen LogP contribution in [0.25, 0.3) is 0 Å². The first kappa shape index (κ1) is 17.6. The van der Waals surface area contributed by atoms with Crippen molar-refractivity contribution < 1.29 is 19.1 Å². The molecule has 1 N–H and O–H groups in total. The molecule has 0 radical (unpaired) electrons. The second kappa shape index (κ2) is 6.24. The molecule has 1 saturated carbocycles. The molecular formula is C23H17FN2O3. The molecule has 2 aromatic carbocycles. The third-order valence-corrected chi connectivity index (χ3v) is 5.88. The minimum absolute atomic E-state index is 0.0000584. The van der Waals surface area contributed by atoms with Crippen molar-refractivity contribution in [2.75, 3.05) is 4.90 Å². The maximum Gasteiger partial charge on any atom is 0.354 e. The van der Waals surface area contributed by atoms with Crippen LogP contribution in [0.5, 0.6) is 0 Å². The highest BCUT2D eigenvalue weighted by atomic mass is 19.1. The fraction of sp³-hybridized carbons (Fsp3) is 0.174. The van der Waals surface area contributed by atoms with Gasteiger partial charge in [0.2, 0.25) is 5.91 Å². The molecule has 144 valence electrons. The molecule has 1 amide bonds. The standard InChI is InChI=1S/C23H17FN2O3/c24-15-10-8-14(9-11-15)18-12-23(18)17-5-1-2-7-20(17)26(22(23)29)13-16-4-3-6-19(25-16)21(27)28/h1-11,18H,12-13H2,(H,27,28). The number of carboxylic acid groups (broad SMARTS) is 1. The predicted molar refractivity (Wildman–Crippen MR) is 104 cm³/mol. The van der Waals surface area contributed by atoms with Crippen LogP contribution in [0.15, 0.2) is 66.7 Å². The summed E-state index contributed by atoms with van der Waals surface area (Å²) in [5, 5.41) is 9.18. The van der Waals surface area contributed by atoms with E-state index in [2.05, 4.69) is 4.98 Å². The maximum absolute atomic E-state index is 13.5. The summed E-state index contributed by atoms with van der Waals surface area (Å²) in [6.07, 6.45) is 0.674. The summed E-state index contributed by atoms with van der Waals surface area (Å²) in [5.74, 6) is -1.42. The van der Waals surface area contributed by atoms with E-state index < -0.39 is 11.4 Å². The summed E-state index contributed by atoms with van der Waals surface area (Å²) in [7, 11) is 0. The lowest BCUT2D eigenvalue weighted by Crippen LogP contribution is -2.32. The maximum atomic E-state index is 13.5. The van der Waals surface area contributed by atoms with Gasteiger partial charge < -0.3 is 10.0 Å². The summed E-state index contributed by atoms with van der Waals surface area (Å²) >= 11 is 0. The van der Waals surface area contributed by atoms with E-state index >= 15 is 0 Å². The Balaban J connectivity index is 1.51. The lowest BCUT2D eigenvalue weighted by Gasteiger charge is -2.18. The van der Waals surface area contributed by atoms with E-state index in [1.807, 2.05) is 24.3 Å². The Morgan fingerprint density at radius 1 is 1.10 bits per heavy atom. The van der Waals surface area contributed by atoms with E-state index in [0.29, 0.717) is 12.1 Å². The zero-order valence-corrected chi connectivity index (χ0v) is 15.4. The number of hydrogen-bond donors (Lipinski definition) is 1. The Hall–Kier alpha value is -3.54. The molecule has 1 aliphatic heterocycles. The Labute approximate surface area is 166 Å². The van der Waals surface area contributed by atoms with Gasteiger partial charge in [-0.2, -0.15) is 0 Å². The van der Waals surface area contributed by atoms with Gasteiger partial charge in [-0.05, 0) is 47.9 Å². The number of aromatic carboxylic acids is 1. The molecule has 0 bridgehead atoms. The van der Waals surface area contributed by atoms with Gasteiger partial charge in [0.15, 0.2) is 0 Å². The molecule has 29 heavy (non-hydrogen) atoms. The summed E-state index contributed by atoms with van der Waals surface area (Å²) in [4.78, 5) is 30.6. The van der Waals surface area contributed by atoms with Gasteiger partial charge in [0.1, 0.15) is 11.5 Å². The number of carboxylic acids is 1. The number of nitrogens with zero attached hydrogens (tertiary/aromatic N) is 2. The largest absolute Gasteiger partial charge is 0.477 e. The van der Waals surface area contributed by atoms with Crippen LogP contribution in [0.3, 0.4) is 0 Å². The predicted octanol–water partition coefficient (Wildman–Crippen LogP) is 3.89. The Morgan fingerprint density at radius 2 is 1.86 bits per heavy atom. The molecule has 2 heterocycles. The third-order valence-electron chi connectivity index (χ3n) is 5.88. The summed E-state index contributed by atoms with van der Waals surface area (Å²) < 4.78 is 13.3. The van der Waals surface area contributed by atoms with Crippen LogP contribution in [0.4, 0.5) is 10.1 Å². The number of benzene rings is 2. The smallest absolute Gasteiger partial charge is 0.354 e. The quantitative estimate of drug-likeness (QED) is 0.736. The molecule has 5 nitrogen and oxygen atoms in total. The van der Waals surface area contributed by atoms with Gasteiger partial charge in [-0.15, -0.1) is 0 Å². The van der Waals surface area contributed by atoms with Gasteiger partial charge >= 0.3 is 5.97 Å². The number of pyridine rings is 1. The molecule has 1 aliphatic carbocycles. The van der Waals surface area contributed by atoms with E-state index in [-0.39, 0.29) is 29.9 Å². The van der Waals surface area contributed by atoms with Crippen molar-refractivity contribution in [3.8, 4) is 0 Å². The van der Waals surface area contributed by atoms with Crippen molar-refractivity contribution in [2.24, 2.45) is 0 Å². The first-order valence-corrected chi connectivity index (χ1v) is 9.37. The molecule has 5 rings (SSSR count). The van der Waals surface area contributed by atoms with Gasteiger partial charge in [-0.1, -0.05) is 36.4 Å². The van der Waals surface area contributed by atoms with Crippen LogP contribution in [0.1, 0.15) is 39.6 Å². The van der Waals surface area contributed by atoms with Crippen LogP contribution in [-0.4, -0.2) is 22.0 Å². The molecular weight excluding hydrogens is 371 g/mol. The van der Waals surface area contributed by atoms with E-state index in [1.165, 1.54) is 18.2 Å². The van der Waals surface area contributed by atoms with Gasteiger partial charge in [-0.3, -0.25) is 4.79 Å².